The fourth-order valence-corrected chi connectivity index (χ4v) is 4.79. The third kappa shape index (κ3) is 4.13. The molecule has 2 aromatic rings. The van der Waals surface area contributed by atoms with Crippen molar-refractivity contribution < 1.29 is 23.8 Å². The number of pyridine rings is 1. The average Bonchev–Trinajstić information content (AvgIpc) is 3.13. The molecule has 2 unspecified atom stereocenters. The summed E-state index contributed by atoms with van der Waals surface area (Å²) < 4.78 is 16.9. The number of carbonyl (C=O) groups is 2. The first-order chi connectivity index (χ1) is 15.7. The first kappa shape index (κ1) is 22.0. The molecule has 1 aromatic carbocycles. The smallest absolute Gasteiger partial charge is 0.417 e. The van der Waals surface area contributed by atoms with Gasteiger partial charge in [-0.05, 0) is 57.4 Å². The van der Waals surface area contributed by atoms with Crippen LogP contribution in [-0.2, 0) is 16.0 Å². The summed E-state index contributed by atoms with van der Waals surface area (Å²) >= 11 is 6.37. The quantitative estimate of drug-likeness (QED) is 0.667. The zero-order valence-electron chi connectivity index (χ0n) is 18.8. The van der Waals surface area contributed by atoms with E-state index in [1.807, 2.05) is 12.1 Å². The second-order valence-corrected chi connectivity index (χ2v) is 9.98. The van der Waals surface area contributed by atoms with E-state index in [9.17, 15) is 9.59 Å². The average molecular weight is 472 g/mol. The van der Waals surface area contributed by atoms with Crippen molar-refractivity contribution in [1.29, 1.82) is 0 Å². The number of hydrogen-bond donors (Lipinski definition) is 1. The molecule has 2 amide bonds. The van der Waals surface area contributed by atoms with E-state index in [4.69, 9.17) is 25.8 Å². The zero-order chi connectivity index (χ0) is 23.3. The van der Waals surface area contributed by atoms with Crippen LogP contribution in [0.25, 0.3) is 0 Å². The Kier molecular flexibility index (Phi) is 5.45. The monoisotopic (exact) mass is 471 g/mol. The number of nitrogens with zero attached hydrogens (tertiary/aromatic N) is 2. The number of nitrogens with one attached hydrogen (secondary N) is 1. The van der Waals surface area contributed by atoms with Crippen LogP contribution >= 0.6 is 11.6 Å². The van der Waals surface area contributed by atoms with Crippen molar-refractivity contribution in [2.45, 2.75) is 45.3 Å². The molecule has 1 fully saturated rings. The minimum Gasteiger partial charge on any atom is -0.477 e. The van der Waals surface area contributed by atoms with Crippen molar-refractivity contribution in [3.63, 3.8) is 0 Å². The van der Waals surface area contributed by atoms with E-state index >= 15 is 0 Å². The summed E-state index contributed by atoms with van der Waals surface area (Å²) in [7, 11) is 0. The maximum atomic E-state index is 13.1. The standard InChI is InChI=1S/C24H26ClN3O5/c1-24(2,3)33-23(30)28-10-16-17(25)5-6-18(20(16)22(28)29)26-19-7-4-15-14-8-9-31-11-13(14)12-32-21(15)27-19/h4-7,13-14H,8-12H2,1-3H3,(H,26,27). The van der Waals surface area contributed by atoms with Crippen LogP contribution in [0.5, 0.6) is 5.88 Å². The van der Waals surface area contributed by atoms with E-state index in [0.717, 1.165) is 23.5 Å². The van der Waals surface area contributed by atoms with Gasteiger partial charge in [0.1, 0.15) is 11.4 Å². The van der Waals surface area contributed by atoms with Crippen LogP contribution in [0, 0.1) is 5.92 Å². The topological polar surface area (TPSA) is 90.0 Å². The Labute approximate surface area is 197 Å². The number of ether oxygens (including phenoxy) is 3. The van der Waals surface area contributed by atoms with E-state index in [0.29, 0.717) is 58.6 Å². The van der Waals surface area contributed by atoms with Gasteiger partial charge in [0.2, 0.25) is 5.88 Å². The largest absolute Gasteiger partial charge is 0.477 e. The summed E-state index contributed by atoms with van der Waals surface area (Å²) in [5, 5.41) is 3.64. The third-order valence-electron chi connectivity index (χ3n) is 6.11. The molecular formula is C24H26ClN3O5. The van der Waals surface area contributed by atoms with Crippen LogP contribution in [0.3, 0.4) is 0 Å². The van der Waals surface area contributed by atoms with Crippen LogP contribution in [0.15, 0.2) is 24.3 Å². The molecule has 1 aromatic heterocycles. The summed E-state index contributed by atoms with van der Waals surface area (Å²) in [4.78, 5) is 31.4. The number of fused-ring (bicyclic) bond motifs is 4. The Balaban J connectivity index is 1.41. The normalized spacial score (nSPS) is 21.6. The number of hydrogen-bond acceptors (Lipinski definition) is 7. The van der Waals surface area contributed by atoms with Crippen molar-refractivity contribution in [1.82, 2.24) is 9.88 Å². The molecule has 0 saturated carbocycles. The molecular weight excluding hydrogens is 446 g/mol. The number of halogens is 1. The first-order valence-corrected chi connectivity index (χ1v) is 11.4. The maximum Gasteiger partial charge on any atom is 0.417 e. The van der Waals surface area contributed by atoms with Gasteiger partial charge >= 0.3 is 6.09 Å². The molecule has 3 aliphatic heterocycles. The molecule has 0 spiro atoms. The molecule has 33 heavy (non-hydrogen) atoms. The highest BCUT2D eigenvalue weighted by Crippen LogP contribution is 2.42. The second-order valence-electron chi connectivity index (χ2n) is 9.58. The van der Waals surface area contributed by atoms with E-state index < -0.39 is 17.6 Å². The number of carbonyl (C=O) groups excluding carboxylic acids is 2. The van der Waals surface area contributed by atoms with Crippen LogP contribution in [-0.4, -0.2) is 47.3 Å². The number of aromatic nitrogens is 1. The highest BCUT2D eigenvalue weighted by molar-refractivity contribution is 6.32. The second kappa shape index (κ2) is 8.18. The molecule has 174 valence electrons. The lowest BCUT2D eigenvalue weighted by atomic mass is 9.82. The van der Waals surface area contributed by atoms with Gasteiger partial charge in [0.15, 0.2) is 0 Å². The van der Waals surface area contributed by atoms with Crippen molar-refractivity contribution in [2.75, 3.05) is 25.1 Å². The summed E-state index contributed by atoms with van der Waals surface area (Å²) in [6, 6.07) is 7.33. The molecule has 8 nitrogen and oxygen atoms in total. The number of anilines is 2. The van der Waals surface area contributed by atoms with Crippen LogP contribution < -0.4 is 10.1 Å². The SMILES string of the molecule is CC(C)(C)OC(=O)N1Cc2c(Cl)ccc(Nc3ccc4c(n3)OCC3COCCC43)c2C1=O. The van der Waals surface area contributed by atoms with Gasteiger partial charge < -0.3 is 19.5 Å². The highest BCUT2D eigenvalue weighted by Gasteiger charge is 2.38. The van der Waals surface area contributed by atoms with Crippen LogP contribution in [0.1, 0.15) is 54.6 Å². The molecule has 0 aliphatic carbocycles. The number of imide groups is 1. The number of benzene rings is 1. The van der Waals surface area contributed by atoms with E-state index in [-0.39, 0.29) is 6.54 Å². The molecule has 9 heteroatoms. The summed E-state index contributed by atoms with van der Waals surface area (Å²) in [6.07, 6.45) is 0.256. The van der Waals surface area contributed by atoms with Gasteiger partial charge in [0, 0.05) is 28.7 Å². The van der Waals surface area contributed by atoms with Gasteiger partial charge in [-0.1, -0.05) is 11.6 Å². The van der Waals surface area contributed by atoms with Crippen LogP contribution in [0.4, 0.5) is 16.3 Å². The highest BCUT2D eigenvalue weighted by atomic mass is 35.5. The summed E-state index contributed by atoms with van der Waals surface area (Å²) in [6.45, 7) is 7.35. The molecule has 4 heterocycles. The van der Waals surface area contributed by atoms with Crippen molar-refractivity contribution in [2.24, 2.45) is 5.92 Å². The van der Waals surface area contributed by atoms with Gasteiger partial charge in [0.05, 0.1) is 31.0 Å². The number of rotatable bonds is 2. The van der Waals surface area contributed by atoms with Crippen molar-refractivity contribution in [3.05, 3.63) is 46.0 Å². The molecule has 2 atom stereocenters. The maximum absolute atomic E-state index is 13.1. The minimum atomic E-state index is -0.715. The Morgan fingerprint density at radius 2 is 2.06 bits per heavy atom. The zero-order valence-corrected chi connectivity index (χ0v) is 19.6. The Morgan fingerprint density at radius 1 is 1.24 bits per heavy atom. The van der Waals surface area contributed by atoms with Crippen LogP contribution in [0.2, 0.25) is 5.02 Å². The Morgan fingerprint density at radius 3 is 2.85 bits per heavy atom. The predicted octanol–water partition coefficient (Wildman–Crippen LogP) is 4.88. The number of amides is 2. The van der Waals surface area contributed by atoms with E-state index in [1.165, 1.54) is 0 Å². The predicted molar refractivity (Wildman–Crippen MR) is 122 cm³/mol. The van der Waals surface area contributed by atoms with E-state index in [2.05, 4.69) is 10.3 Å². The molecule has 3 aliphatic rings. The van der Waals surface area contributed by atoms with Gasteiger partial charge in [-0.15, -0.1) is 0 Å². The summed E-state index contributed by atoms with van der Waals surface area (Å²) in [5.41, 5.74) is 1.83. The van der Waals surface area contributed by atoms with Crippen molar-refractivity contribution >= 4 is 35.1 Å². The fourth-order valence-electron chi connectivity index (χ4n) is 4.57. The Bertz CT molecular complexity index is 1130. The first-order valence-electron chi connectivity index (χ1n) is 11.1. The molecule has 5 rings (SSSR count). The van der Waals surface area contributed by atoms with Crippen molar-refractivity contribution in [3.8, 4) is 5.88 Å². The van der Waals surface area contributed by atoms with Gasteiger partial charge in [-0.2, -0.15) is 4.98 Å². The lowest BCUT2D eigenvalue weighted by molar-refractivity contribution is 0.00920. The third-order valence-corrected chi connectivity index (χ3v) is 6.46. The minimum absolute atomic E-state index is 0.0588. The Hall–Kier alpha value is -2.84. The summed E-state index contributed by atoms with van der Waals surface area (Å²) in [5.74, 6) is 1.43. The van der Waals surface area contributed by atoms with Gasteiger partial charge in [-0.3, -0.25) is 4.79 Å². The fraction of sp³-hybridized carbons (Fsp3) is 0.458. The molecule has 1 saturated heterocycles. The lowest BCUT2D eigenvalue weighted by Crippen LogP contribution is -2.37. The lowest BCUT2D eigenvalue weighted by Gasteiger charge is -2.36. The van der Waals surface area contributed by atoms with E-state index in [1.54, 1.807) is 32.9 Å². The van der Waals surface area contributed by atoms with Gasteiger partial charge in [-0.25, -0.2) is 9.69 Å². The molecule has 0 bridgehead atoms. The molecule has 0 radical (unpaired) electrons. The van der Waals surface area contributed by atoms with Gasteiger partial charge in [0.25, 0.3) is 5.91 Å². The molecule has 1 N–H and O–H groups in total.